The molecule has 0 aliphatic carbocycles. The van der Waals surface area contributed by atoms with Crippen molar-refractivity contribution in [3.05, 3.63) is 34.9 Å². The number of benzene rings is 1. The first-order valence-electron chi connectivity index (χ1n) is 7.22. The highest BCUT2D eigenvalue weighted by Crippen LogP contribution is 2.22. The SMILES string of the molecule is CC(c1cccc(Cl)c1)N(C)CC(=O)N1CCC(=O)CC1. The molecule has 1 fully saturated rings. The quantitative estimate of drug-likeness (QED) is 0.858. The molecule has 0 saturated carbocycles. The van der Waals surface area contributed by atoms with Crippen molar-refractivity contribution in [1.29, 1.82) is 0 Å². The molecule has 1 saturated heterocycles. The highest BCUT2D eigenvalue weighted by Gasteiger charge is 2.23. The van der Waals surface area contributed by atoms with Crippen LogP contribution in [-0.4, -0.2) is 48.2 Å². The summed E-state index contributed by atoms with van der Waals surface area (Å²) in [4.78, 5) is 27.3. The summed E-state index contributed by atoms with van der Waals surface area (Å²) in [5, 5.41) is 0.702. The number of ketones is 1. The van der Waals surface area contributed by atoms with E-state index in [0.717, 1.165) is 5.56 Å². The Morgan fingerprint density at radius 1 is 1.38 bits per heavy atom. The van der Waals surface area contributed by atoms with Crippen LogP contribution in [0.15, 0.2) is 24.3 Å². The summed E-state index contributed by atoms with van der Waals surface area (Å²) in [6, 6.07) is 7.80. The lowest BCUT2D eigenvalue weighted by molar-refractivity contribution is -0.135. The third-order valence-electron chi connectivity index (χ3n) is 4.05. The van der Waals surface area contributed by atoms with Gasteiger partial charge in [-0.15, -0.1) is 0 Å². The van der Waals surface area contributed by atoms with Crippen molar-refractivity contribution in [3.8, 4) is 0 Å². The molecule has 1 heterocycles. The van der Waals surface area contributed by atoms with Gasteiger partial charge >= 0.3 is 0 Å². The van der Waals surface area contributed by atoms with Crippen LogP contribution in [0.2, 0.25) is 5.02 Å². The van der Waals surface area contributed by atoms with E-state index >= 15 is 0 Å². The molecule has 0 aromatic heterocycles. The molecule has 2 rings (SSSR count). The Kier molecular flexibility index (Phi) is 5.37. The van der Waals surface area contributed by atoms with Crippen LogP contribution in [-0.2, 0) is 9.59 Å². The summed E-state index contributed by atoms with van der Waals surface area (Å²) in [6.07, 6.45) is 0.971. The van der Waals surface area contributed by atoms with E-state index in [4.69, 9.17) is 11.6 Å². The molecule has 1 unspecified atom stereocenters. The van der Waals surface area contributed by atoms with E-state index in [2.05, 4.69) is 6.92 Å². The van der Waals surface area contributed by atoms with Crippen molar-refractivity contribution in [1.82, 2.24) is 9.80 Å². The zero-order valence-corrected chi connectivity index (χ0v) is 13.3. The van der Waals surface area contributed by atoms with Gasteiger partial charge in [-0.3, -0.25) is 14.5 Å². The second kappa shape index (κ2) is 7.05. The lowest BCUT2D eigenvalue weighted by atomic mass is 10.1. The second-order valence-electron chi connectivity index (χ2n) is 5.57. The van der Waals surface area contributed by atoms with E-state index in [-0.39, 0.29) is 17.7 Å². The Hall–Kier alpha value is -1.39. The van der Waals surface area contributed by atoms with E-state index < -0.39 is 0 Å². The van der Waals surface area contributed by atoms with Crippen LogP contribution in [0.1, 0.15) is 31.4 Å². The van der Waals surface area contributed by atoms with Crippen LogP contribution in [0, 0.1) is 0 Å². The molecule has 1 atom stereocenters. The third-order valence-corrected chi connectivity index (χ3v) is 4.29. The van der Waals surface area contributed by atoms with Crippen molar-refractivity contribution < 1.29 is 9.59 Å². The molecule has 114 valence electrons. The Bertz CT molecular complexity index is 523. The third kappa shape index (κ3) is 4.29. The van der Waals surface area contributed by atoms with Gasteiger partial charge in [0.05, 0.1) is 6.54 Å². The molecule has 1 aromatic carbocycles. The number of Topliss-reactive ketones (excluding diaryl/α,β-unsaturated/α-hetero) is 1. The van der Waals surface area contributed by atoms with E-state index in [9.17, 15) is 9.59 Å². The van der Waals surface area contributed by atoms with Crippen molar-refractivity contribution in [2.45, 2.75) is 25.8 Å². The monoisotopic (exact) mass is 308 g/mol. The maximum absolute atomic E-state index is 12.3. The number of hydrogen-bond donors (Lipinski definition) is 0. The average molecular weight is 309 g/mol. The summed E-state index contributed by atoms with van der Waals surface area (Å²) in [7, 11) is 1.93. The minimum atomic E-state index is 0.0823. The molecular formula is C16H21ClN2O2. The van der Waals surface area contributed by atoms with Crippen LogP contribution in [0.3, 0.4) is 0 Å². The number of rotatable bonds is 4. The fraction of sp³-hybridized carbons (Fsp3) is 0.500. The lowest BCUT2D eigenvalue weighted by Gasteiger charge is -2.30. The van der Waals surface area contributed by atoms with E-state index in [0.29, 0.717) is 37.5 Å². The molecule has 4 nitrogen and oxygen atoms in total. The molecule has 1 aliphatic heterocycles. The van der Waals surface area contributed by atoms with Crippen LogP contribution < -0.4 is 0 Å². The first-order chi connectivity index (χ1) is 9.97. The zero-order chi connectivity index (χ0) is 15.4. The van der Waals surface area contributed by atoms with Gasteiger partial charge in [0.15, 0.2) is 0 Å². The van der Waals surface area contributed by atoms with Crippen LogP contribution >= 0.6 is 11.6 Å². The highest BCUT2D eigenvalue weighted by atomic mass is 35.5. The van der Waals surface area contributed by atoms with E-state index in [1.54, 1.807) is 4.90 Å². The van der Waals surface area contributed by atoms with Gasteiger partial charge < -0.3 is 4.90 Å². The Labute approximate surface area is 130 Å². The molecule has 1 aromatic rings. The Morgan fingerprint density at radius 2 is 2.05 bits per heavy atom. The summed E-state index contributed by atoms with van der Waals surface area (Å²) < 4.78 is 0. The molecular weight excluding hydrogens is 288 g/mol. The number of piperidine rings is 1. The highest BCUT2D eigenvalue weighted by molar-refractivity contribution is 6.30. The van der Waals surface area contributed by atoms with Gasteiger partial charge in [0.25, 0.3) is 0 Å². The average Bonchev–Trinajstić information content (AvgIpc) is 2.47. The van der Waals surface area contributed by atoms with Crippen LogP contribution in [0.25, 0.3) is 0 Å². The number of hydrogen-bond acceptors (Lipinski definition) is 3. The number of nitrogens with zero attached hydrogens (tertiary/aromatic N) is 2. The Balaban J connectivity index is 1.92. The first kappa shape index (κ1) is 16.0. The second-order valence-corrected chi connectivity index (χ2v) is 6.00. The predicted molar refractivity (Wildman–Crippen MR) is 83.3 cm³/mol. The number of carbonyl (C=O) groups is 2. The van der Waals surface area contributed by atoms with Crippen LogP contribution in [0.4, 0.5) is 0 Å². The fourth-order valence-corrected chi connectivity index (χ4v) is 2.68. The molecule has 0 bridgehead atoms. The molecule has 1 amide bonds. The summed E-state index contributed by atoms with van der Waals surface area (Å²) in [6.45, 7) is 3.51. The number of carbonyl (C=O) groups excluding carboxylic acids is 2. The fourth-order valence-electron chi connectivity index (χ4n) is 2.48. The zero-order valence-electron chi connectivity index (χ0n) is 12.5. The van der Waals surface area contributed by atoms with Crippen molar-refractivity contribution in [2.24, 2.45) is 0 Å². The smallest absolute Gasteiger partial charge is 0.236 e. The summed E-state index contributed by atoms with van der Waals surface area (Å²) in [5.41, 5.74) is 1.09. The molecule has 0 N–H and O–H groups in total. The van der Waals surface area contributed by atoms with Crippen molar-refractivity contribution >= 4 is 23.3 Å². The first-order valence-corrected chi connectivity index (χ1v) is 7.60. The minimum Gasteiger partial charge on any atom is -0.341 e. The number of halogens is 1. The van der Waals surface area contributed by atoms with Gasteiger partial charge in [-0.05, 0) is 31.7 Å². The van der Waals surface area contributed by atoms with Crippen molar-refractivity contribution in [2.75, 3.05) is 26.7 Å². The van der Waals surface area contributed by atoms with Gasteiger partial charge in [0, 0.05) is 37.0 Å². The minimum absolute atomic E-state index is 0.0823. The van der Waals surface area contributed by atoms with E-state index in [1.807, 2.05) is 36.2 Å². The maximum Gasteiger partial charge on any atom is 0.236 e. The normalized spacial score (nSPS) is 17.1. The summed E-state index contributed by atoms with van der Waals surface area (Å²) >= 11 is 6.01. The van der Waals surface area contributed by atoms with Gasteiger partial charge in [-0.2, -0.15) is 0 Å². The number of likely N-dealkylation sites (N-methyl/N-ethyl adjacent to an activating group) is 1. The molecule has 0 spiro atoms. The molecule has 0 radical (unpaired) electrons. The molecule has 5 heteroatoms. The topological polar surface area (TPSA) is 40.6 Å². The van der Waals surface area contributed by atoms with Gasteiger partial charge in [-0.1, -0.05) is 23.7 Å². The number of amides is 1. The summed E-state index contributed by atoms with van der Waals surface area (Å²) in [5.74, 6) is 0.332. The largest absolute Gasteiger partial charge is 0.341 e. The lowest BCUT2D eigenvalue weighted by Crippen LogP contribution is -2.43. The number of likely N-dealkylation sites (tertiary alicyclic amines) is 1. The standard InChI is InChI=1S/C16H21ClN2O2/c1-12(13-4-3-5-14(17)10-13)18(2)11-16(21)19-8-6-15(20)7-9-19/h3-5,10,12H,6-9,11H2,1-2H3. The molecule has 21 heavy (non-hydrogen) atoms. The van der Waals surface area contributed by atoms with Gasteiger partial charge in [-0.25, -0.2) is 0 Å². The predicted octanol–water partition coefficient (Wildman–Crippen LogP) is 2.52. The van der Waals surface area contributed by atoms with Crippen LogP contribution in [0.5, 0.6) is 0 Å². The maximum atomic E-state index is 12.3. The Morgan fingerprint density at radius 3 is 2.67 bits per heavy atom. The van der Waals surface area contributed by atoms with E-state index in [1.165, 1.54) is 0 Å². The molecule has 1 aliphatic rings. The van der Waals surface area contributed by atoms with Crippen molar-refractivity contribution in [3.63, 3.8) is 0 Å². The van der Waals surface area contributed by atoms with Gasteiger partial charge in [0.1, 0.15) is 5.78 Å². The van der Waals surface area contributed by atoms with Gasteiger partial charge in [0.2, 0.25) is 5.91 Å².